The number of nitrogens with zero attached hydrogens (tertiary/aromatic N) is 5. The molecule has 2 heterocycles. The molecular weight excluding hydrogens is 454 g/mol. The number of anilines is 1. The monoisotopic (exact) mass is 477 g/mol. The standard InChI is InChI=1S/C23H23N7O3S/c1-33-11-3-10-29-22(32)18-9-6-15(13-19(18)25-23(29)34)21(31)24-16-5-2-4-14(12-16)20-26-27-28-30(20)17-7-8-17/h2,4-6,9,12-13,17H,3,7-8,10-11H2,1H3,(H,24,31)(H,25,34). The molecule has 1 aliphatic rings. The second kappa shape index (κ2) is 9.27. The maximum atomic E-state index is 13.0. The van der Waals surface area contributed by atoms with E-state index < -0.39 is 0 Å². The third kappa shape index (κ3) is 4.39. The van der Waals surface area contributed by atoms with Crippen LogP contribution in [0.5, 0.6) is 0 Å². The highest BCUT2D eigenvalue weighted by atomic mass is 32.1. The average molecular weight is 478 g/mol. The molecule has 0 aliphatic heterocycles. The van der Waals surface area contributed by atoms with Gasteiger partial charge >= 0.3 is 0 Å². The third-order valence-electron chi connectivity index (χ3n) is 5.74. The van der Waals surface area contributed by atoms with Crippen LogP contribution in [0.1, 0.15) is 35.7 Å². The first-order valence-corrected chi connectivity index (χ1v) is 11.4. The van der Waals surface area contributed by atoms with Gasteiger partial charge in [0, 0.05) is 37.1 Å². The smallest absolute Gasteiger partial charge is 0.262 e. The van der Waals surface area contributed by atoms with Gasteiger partial charge in [-0.2, -0.15) is 0 Å². The lowest BCUT2D eigenvalue weighted by Crippen LogP contribution is -2.23. The van der Waals surface area contributed by atoms with E-state index in [0.717, 1.165) is 18.4 Å². The number of carbonyl (C=O) groups is 1. The van der Waals surface area contributed by atoms with Crippen molar-refractivity contribution in [3.8, 4) is 11.4 Å². The van der Waals surface area contributed by atoms with Gasteiger partial charge in [-0.1, -0.05) is 12.1 Å². The van der Waals surface area contributed by atoms with E-state index in [2.05, 4.69) is 25.8 Å². The molecule has 4 aromatic rings. The number of amides is 1. The Morgan fingerprint density at radius 2 is 2.12 bits per heavy atom. The average Bonchev–Trinajstić information content (AvgIpc) is 3.57. The van der Waals surface area contributed by atoms with Gasteiger partial charge in [-0.25, -0.2) is 4.68 Å². The third-order valence-corrected chi connectivity index (χ3v) is 6.06. The summed E-state index contributed by atoms with van der Waals surface area (Å²) in [4.78, 5) is 28.9. The molecule has 0 bridgehead atoms. The van der Waals surface area contributed by atoms with Crippen molar-refractivity contribution in [2.24, 2.45) is 0 Å². The van der Waals surface area contributed by atoms with Crippen LogP contribution in [-0.4, -0.2) is 49.4 Å². The van der Waals surface area contributed by atoms with Crippen molar-refractivity contribution in [3.63, 3.8) is 0 Å². The second-order valence-electron chi connectivity index (χ2n) is 8.21. The number of aromatic nitrogens is 6. The Hall–Kier alpha value is -3.70. The quantitative estimate of drug-likeness (QED) is 0.295. The molecular formula is C23H23N7O3S. The van der Waals surface area contributed by atoms with E-state index in [4.69, 9.17) is 17.0 Å². The summed E-state index contributed by atoms with van der Waals surface area (Å²) in [5, 5.41) is 15.4. The topological polar surface area (TPSA) is 120 Å². The zero-order chi connectivity index (χ0) is 23.7. The van der Waals surface area contributed by atoms with Gasteiger partial charge in [0.1, 0.15) is 0 Å². The lowest BCUT2D eigenvalue weighted by Gasteiger charge is -2.10. The maximum Gasteiger partial charge on any atom is 0.262 e. The Morgan fingerprint density at radius 1 is 1.26 bits per heavy atom. The number of methoxy groups -OCH3 is 1. The lowest BCUT2D eigenvalue weighted by atomic mass is 10.1. The Morgan fingerprint density at radius 3 is 2.91 bits per heavy atom. The minimum Gasteiger partial charge on any atom is -0.385 e. The van der Waals surface area contributed by atoms with E-state index in [1.54, 1.807) is 31.4 Å². The summed E-state index contributed by atoms with van der Waals surface area (Å²) in [7, 11) is 1.62. The number of hydrogen-bond donors (Lipinski definition) is 2. The number of H-pyrrole nitrogens is 1. The van der Waals surface area contributed by atoms with Crippen molar-refractivity contribution in [2.75, 3.05) is 19.0 Å². The van der Waals surface area contributed by atoms with E-state index >= 15 is 0 Å². The molecule has 34 heavy (non-hydrogen) atoms. The van der Waals surface area contributed by atoms with Gasteiger partial charge < -0.3 is 15.0 Å². The predicted octanol–water partition coefficient (Wildman–Crippen LogP) is 3.34. The molecule has 2 aromatic heterocycles. The lowest BCUT2D eigenvalue weighted by molar-refractivity contribution is 0.102. The first kappa shape index (κ1) is 22.1. The van der Waals surface area contributed by atoms with Crippen LogP contribution in [0.25, 0.3) is 22.3 Å². The van der Waals surface area contributed by atoms with Crippen LogP contribution >= 0.6 is 12.2 Å². The summed E-state index contributed by atoms with van der Waals surface area (Å²) < 4.78 is 8.71. The van der Waals surface area contributed by atoms with Crippen molar-refractivity contribution in [1.82, 2.24) is 29.8 Å². The molecule has 0 unspecified atom stereocenters. The first-order valence-electron chi connectivity index (χ1n) is 11.0. The van der Waals surface area contributed by atoms with Crippen LogP contribution in [0.15, 0.2) is 47.3 Å². The number of hydrogen-bond acceptors (Lipinski definition) is 7. The molecule has 5 rings (SSSR count). The van der Waals surface area contributed by atoms with Crippen LogP contribution in [0.4, 0.5) is 5.69 Å². The molecule has 0 atom stereocenters. The normalized spacial score (nSPS) is 13.3. The van der Waals surface area contributed by atoms with E-state index in [1.807, 2.05) is 22.9 Å². The zero-order valence-corrected chi connectivity index (χ0v) is 19.3. The molecule has 11 heteroatoms. The highest BCUT2D eigenvalue weighted by Crippen LogP contribution is 2.36. The van der Waals surface area contributed by atoms with Crippen LogP contribution in [-0.2, 0) is 11.3 Å². The van der Waals surface area contributed by atoms with Crippen LogP contribution in [0.2, 0.25) is 0 Å². The molecule has 0 saturated heterocycles. The molecule has 1 saturated carbocycles. The zero-order valence-electron chi connectivity index (χ0n) is 18.5. The highest BCUT2D eigenvalue weighted by molar-refractivity contribution is 7.71. The second-order valence-corrected chi connectivity index (χ2v) is 8.59. The number of rotatable bonds is 8. The molecule has 10 nitrogen and oxygen atoms in total. The minimum atomic E-state index is -0.301. The summed E-state index contributed by atoms with van der Waals surface area (Å²) in [5.41, 5.74) is 2.18. The Balaban J connectivity index is 1.38. The summed E-state index contributed by atoms with van der Waals surface area (Å²) in [6.45, 7) is 0.996. The van der Waals surface area contributed by atoms with Crippen molar-refractivity contribution < 1.29 is 9.53 Å². The number of carbonyl (C=O) groups excluding carboxylic acids is 1. The van der Waals surface area contributed by atoms with E-state index in [1.165, 1.54) is 4.57 Å². The molecule has 1 amide bonds. The van der Waals surface area contributed by atoms with Gasteiger partial charge in [-0.3, -0.25) is 14.2 Å². The van der Waals surface area contributed by atoms with Crippen LogP contribution < -0.4 is 10.9 Å². The van der Waals surface area contributed by atoms with Gasteiger partial charge in [-0.05, 0) is 72.2 Å². The number of nitrogens with one attached hydrogen (secondary N) is 2. The van der Waals surface area contributed by atoms with Crippen molar-refractivity contribution in [3.05, 3.63) is 63.2 Å². The summed E-state index contributed by atoms with van der Waals surface area (Å²) >= 11 is 5.36. The largest absolute Gasteiger partial charge is 0.385 e. The van der Waals surface area contributed by atoms with Gasteiger partial charge in [0.15, 0.2) is 10.6 Å². The molecule has 2 aromatic carbocycles. The van der Waals surface area contributed by atoms with Gasteiger partial charge in [0.25, 0.3) is 11.5 Å². The highest BCUT2D eigenvalue weighted by Gasteiger charge is 2.28. The number of benzene rings is 2. The van der Waals surface area contributed by atoms with Gasteiger partial charge in [0.05, 0.1) is 16.9 Å². The van der Waals surface area contributed by atoms with Gasteiger partial charge in [0.2, 0.25) is 0 Å². The fraction of sp³-hybridized carbons (Fsp3) is 0.304. The maximum absolute atomic E-state index is 13.0. The molecule has 1 aliphatic carbocycles. The molecule has 0 radical (unpaired) electrons. The number of ether oxygens (including phenoxy) is 1. The number of fused-ring (bicyclic) bond motifs is 1. The van der Waals surface area contributed by atoms with E-state index in [-0.39, 0.29) is 11.5 Å². The summed E-state index contributed by atoms with van der Waals surface area (Å²) in [5.74, 6) is 0.378. The fourth-order valence-electron chi connectivity index (χ4n) is 3.85. The van der Waals surface area contributed by atoms with E-state index in [9.17, 15) is 9.59 Å². The SMILES string of the molecule is COCCCn1c(=S)[nH]c2cc(C(=O)Nc3cccc(-c4nnnn4C4CC4)c3)ccc2c1=O. The molecule has 0 spiro atoms. The summed E-state index contributed by atoms with van der Waals surface area (Å²) in [6.07, 6.45) is 2.81. The Kier molecular flexibility index (Phi) is 6.03. The predicted molar refractivity (Wildman–Crippen MR) is 129 cm³/mol. The number of aromatic amines is 1. The number of tetrazole rings is 1. The Labute approximate surface area is 199 Å². The van der Waals surface area contributed by atoms with Crippen molar-refractivity contribution in [2.45, 2.75) is 31.8 Å². The van der Waals surface area contributed by atoms with Crippen LogP contribution in [0.3, 0.4) is 0 Å². The summed E-state index contributed by atoms with van der Waals surface area (Å²) in [6, 6.07) is 12.7. The molecule has 174 valence electrons. The van der Waals surface area contributed by atoms with Crippen LogP contribution in [0, 0.1) is 4.77 Å². The van der Waals surface area contributed by atoms with E-state index in [0.29, 0.717) is 58.4 Å². The van der Waals surface area contributed by atoms with Crippen molar-refractivity contribution in [1.29, 1.82) is 0 Å². The fourth-order valence-corrected chi connectivity index (χ4v) is 4.14. The molecule has 1 fully saturated rings. The minimum absolute atomic E-state index is 0.192. The van der Waals surface area contributed by atoms with Gasteiger partial charge in [-0.15, -0.1) is 5.10 Å². The van der Waals surface area contributed by atoms with Crippen molar-refractivity contribution >= 4 is 34.7 Å². The Bertz CT molecular complexity index is 1490. The molecule has 2 N–H and O–H groups in total. The first-order chi connectivity index (χ1) is 16.5.